The number of primary sulfonamides is 1. The van der Waals surface area contributed by atoms with Crippen LogP contribution >= 0.6 is 0 Å². The highest BCUT2D eigenvalue weighted by atomic mass is 32.2. The van der Waals surface area contributed by atoms with Gasteiger partial charge >= 0.3 is 0 Å². The van der Waals surface area contributed by atoms with E-state index in [1.54, 1.807) is 12.1 Å². The number of nitrogens with two attached hydrogens (primary N) is 1. The molecule has 9 heteroatoms. The van der Waals surface area contributed by atoms with Crippen LogP contribution in [0.1, 0.15) is 56.4 Å². The molecule has 0 saturated carbocycles. The van der Waals surface area contributed by atoms with E-state index in [0.717, 1.165) is 18.4 Å². The number of rotatable bonds is 8. The number of fused-ring (bicyclic) bond motifs is 1. The van der Waals surface area contributed by atoms with Crippen molar-refractivity contribution in [2.75, 3.05) is 13.1 Å². The largest absolute Gasteiger partial charge is 0.352 e. The Labute approximate surface area is 175 Å². The van der Waals surface area contributed by atoms with Gasteiger partial charge in [-0.3, -0.25) is 19.3 Å². The lowest BCUT2D eigenvalue weighted by Crippen LogP contribution is -2.30. The molecule has 1 heterocycles. The van der Waals surface area contributed by atoms with E-state index in [1.807, 2.05) is 6.92 Å². The summed E-state index contributed by atoms with van der Waals surface area (Å²) in [7, 11) is -3.74. The van der Waals surface area contributed by atoms with Crippen molar-refractivity contribution in [1.29, 1.82) is 0 Å². The third kappa shape index (κ3) is 4.58. The molecule has 0 fully saturated rings. The second kappa shape index (κ2) is 8.76. The molecule has 30 heavy (non-hydrogen) atoms. The van der Waals surface area contributed by atoms with E-state index in [4.69, 9.17) is 5.14 Å². The van der Waals surface area contributed by atoms with Crippen molar-refractivity contribution >= 4 is 27.7 Å². The molecule has 3 N–H and O–H groups in total. The molecule has 0 saturated heterocycles. The first-order valence-electron chi connectivity index (χ1n) is 9.62. The van der Waals surface area contributed by atoms with Crippen LogP contribution in [0.5, 0.6) is 0 Å². The Morgan fingerprint density at radius 1 is 1.03 bits per heavy atom. The van der Waals surface area contributed by atoms with Gasteiger partial charge in [-0.1, -0.05) is 25.5 Å². The molecule has 3 amide bonds. The van der Waals surface area contributed by atoms with Crippen molar-refractivity contribution in [3.63, 3.8) is 0 Å². The monoisotopic (exact) mass is 429 g/mol. The van der Waals surface area contributed by atoms with Crippen molar-refractivity contribution in [1.82, 2.24) is 10.2 Å². The summed E-state index contributed by atoms with van der Waals surface area (Å²) in [5.41, 5.74) is 1.71. The fourth-order valence-electron chi connectivity index (χ4n) is 3.22. The zero-order chi connectivity index (χ0) is 21.9. The van der Waals surface area contributed by atoms with Gasteiger partial charge in [0.05, 0.1) is 16.0 Å². The second-order valence-electron chi connectivity index (χ2n) is 7.07. The molecule has 0 aliphatic carbocycles. The van der Waals surface area contributed by atoms with Crippen LogP contribution in [0.25, 0.3) is 0 Å². The number of benzene rings is 2. The summed E-state index contributed by atoms with van der Waals surface area (Å²) in [6.45, 7) is 2.67. The first-order valence-corrected chi connectivity index (χ1v) is 11.2. The second-order valence-corrected chi connectivity index (χ2v) is 8.63. The van der Waals surface area contributed by atoms with Crippen LogP contribution in [0.3, 0.4) is 0 Å². The van der Waals surface area contributed by atoms with Crippen molar-refractivity contribution in [2.24, 2.45) is 5.14 Å². The Kier molecular flexibility index (Phi) is 6.33. The highest BCUT2D eigenvalue weighted by molar-refractivity contribution is 7.89. The molecule has 2 aromatic carbocycles. The van der Waals surface area contributed by atoms with E-state index in [2.05, 4.69) is 5.32 Å². The number of unbranched alkanes of at least 4 members (excludes halogenated alkanes) is 1. The van der Waals surface area contributed by atoms with Gasteiger partial charge in [-0.25, -0.2) is 13.6 Å². The minimum atomic E-state index is -3.74. The lowest BCUT2D eigenvalue weighted by molar-refractivity contribution is 0.0652. The van der Waals surface area contributed by atoms with Crippen LogP contribution in [0.15, 0.2) is 47.4 Å². The molecule has 0 aromatic heterocycles. The summed E-state index contributed by atoms with van der Waals surface area (Å²) in [6.07, 6.45) is 2.09. The van der Waals surface area contributed by atoms with Gasteiger partial charge in [0.2, 0.25) is 10.0 Å². The van der Waals surface area contributed by atoms with Gasteiger partial charge in [0.1, 0.15) is 0 Å². The number of nitrogens with zero attached hydrogens (tertiary/aromatic N) is 1. The molecule has 8 nitrogen and oxygen atoms in total. The normalized spacial score (nSPS) is 13.5. The van der Waals surface area contributed by atoms with E-state index in [-0.39, 0.29) is 28.2 Å². The van der Waals surface area contributed by atoms with Crippen molar-refractivity contribution in [2.45, 2.75) is 31.1 Å². The van der Waals surface area contributed by atoms with E-state index in [0.29, 0.717) is 30.6 Å². The number of amides is 3. The molecular weight excluding hydrogens is 406 g/mol. The molecule has 0 atom stereocenters. The maximum atomic E-state index is 12.5. The first kappa shape index (κ1) is 21.7. The van der Waals surface area contributed by atoms with Gasteiger partial charge in [0.15, 0.2) is 0 Å². The van der Waals surface area contributed by atoms with Crippen LogP contribution in [0, 0.1) is 0 Å². The molecular formula is C21H23N3O5S. The van der Waals surface area contributed by atoms with E-state index >= 15 is 0 Å². The average Bonchev–Trinajstić information content (AvgIpc) is 2.95. The Hall–Kier alpha value is -3.04. The SMILES string of the molecule is CCCCN1C(=O)c2ccc(C(=O)NCCc3ccc(S(N)(=O)=O)cc3)cc2C1=O. The third-order valence-corrected chi connectivity index (χ3v) is 5.85. The highest BCUT2D eigenvalue weighted by Crippen LogP contribution is 2.24. The first-order chi connectivity index (χ1) is 14.2. The maximum absolute atomic E-state index is 12.5. The molecule has 0 unspecified atom stereocenters. The molecule has 0 spiro atoms. The van der Waals surface area contributed by atoms with Crippen molar-refractivity contribution < 1.29 is 22.8 Å². The lowest BCUT2D eigenvalue weighted by atomic mass is 10.1. The van der Waals surface area contributed by atoms with Crippen LogP contribution in [0.4, 0.5) is 0 Å². The fourth-order valence-corrected chi connectivity index (χ4v) is 3.73. The lowest BCUT2D eigenvalue weighted by Gasteiger charge is -2.12. The topological polar surface area (TPSA) is 127 Å². The highest BCUT2D eigenvalue weighted by Gasteiger charge is 2.35. The van der Waals surface area contributed by atoms with E-state index in [9.17, 15) is 22.8 Å². The van der Waals surface area contributed by atoms with Crippen molar-refractivity contribution in [3.8, 4) is 0 Å². The molecule has 1 aliphatic heterocycles. The molecule has 2 aromatic rings. The summed E-state index contributed by atoms with van der Waals surface area (Å²) >= 11 is 0. The van der Waals surface area contributed by atoms with Gasteiger partial charge < -0.3 is 5.32 Å². The number of sulfonamides is 1. The smallest absolute Gasteiger partial charge is 0.261 e. The van der Waals surface area contributed by atoms with Crippen molar-refractivity contribution in [3.05, 3.63) is 64.7 Å². The number of nitrogens with one attached hydrogen (secondary N) is 1. The Balaban J connectivity index is 1.62. The van der Waals surface area contributed by atoms with Crippen LogP contribution in [0.2, 0.25) is 0 Å². The molecule has 0 radical (unpaired) electrons. The summed E-state index contributed by atoms with van der Waals surface area (Å²) in [4.78, 5) is 38.6. The molecule has 0 bridgehead atoms. The minimum absolute atomic E-state index is 0.0284. The average molecular weight is 429 g/mol. The zero-order valence-corrected chi connectivity index (χ0v) is 17.4. The summed E-state index contributed by atoms with van der Waals surface area (Å²) in [6, 6.07) is 10.6. The predicted octanol–water partition coefficient (Wildman–Crippen LogP) is 1.70. The zero-order valence-electron chi connectivity index (χ0n) is 16.6. The molecule has 158 valence electrons. The van der Waals surface area contributed by atoms with E-state index < -0.39 is 10.0 Å². The Morgan fingerprint density at radius 2 is 1.70 bits per heavy atom. The van der Waals surface area contributed by atoms with Gasteiger partial charge in [-0.15, -0.1) is 0 Å². The number of hydrogen-bond acceptors (Lipinski definition) is 5. The van der Waals surface area contributed by atoms with Gasteiger partial charge in [-0.2, -0.15) is 0 Å². The standard InChI is InChI=1S/C21H23N3O5S/c1-2-3-12-24-20(26)17-9-6-15(13-18(17)21(24)27)19(25)23-11-10-14-4-7-16(8-5-14)30(22,28)29/h4-9,13H,2-3,10-12H2,1H3,(H,23,25)(H2,22,28,29). The van der Waals surface area contributed by atoms with E-state index in [1.165, 1.54) is 35.2 Å². The number of imide groups is 1. The number of carbonyl (C=O) groups is 3. The summed E-state index contributed by atoms with van der Waals surface area (Å²) in [5, 5.41) is 7.83. The molecule has 1 aliphatic rings. The number of carbonyl (C=O) groups excluding carboxylic acids is 3. The van der Waals surface area contributed by atoms with Gasteiger partial charge in [0, 0.05) is 18.7 Å². The van der Waals surface area contributed by atoms with Gasteiger partial charge in [-0.05, 0) is 48.7 Å². The maximum Gasteiger partial charge on any atom is 0.261 e. The Morgan fingerprint density at radius 3 is 2.33 bits per heavy atom. The number of hydrogen-bond donors (Lipinski definition) is 2. The minimum Gasteiger partial charge on any atom is -0.352 e. The fraction of sp³-hybridized carbons (Fsp3) is 0.286. The van der Waals surface area contributed by atoms with Crippen LogP contribution < -0.4 is 10.5 Å². The summed E-state index contributed by atoms with van der Waals surface area (Å²) < 4.78 is 22.5. The molecule has 3 rings (SSSR count). The third-order valence-electron chi connectivity index (χ3n) is 4.92. The van der Waals surface area contributed by atoms with Gasteiger partial charge in [0.25, 0.3) is 17.7 Å². The van der Waals surface area contributed by atoms with Crippen LogP contribution in [-0.2, 0) is 16.4 Å². The van der Waals surface area contributed by atoms with Crippen LogP contribution in [-0.4, -0.2) is 44.1 Å². The quantitative estimate of drug-likeness (QED) is 0.618. The summed E-state index contributed by atoms with van der Waals surface area (Å²) in [5.74, 6) is -1.04. The Bertz CT molecular complexity index is 1090. The predicted molar refractivity (Wildman–Crippen MR) is 111 cm³/mol.